The summed E-state index contributed by atoms with van der Waals surface area (Å²) in [5.74, 6) is 0.205. The Morgan fingerprint density at radius 3 is 2.37 bits per heavy atom. The second-order valence-electron chi connectivity index (χ2n) is 6.72. The van der Waals surface area contributed by atoms with Gasteiger partial charge in [-0.05, 0) is 42.3 Å². The highest BCUT2D eigenvalue weighted by atomic mass is 19.1. The molecule has 3 aromatic carbocycles. The first-order valence-corrected chi connectivity index (χ1v) is 9.37. The van der Waals surface area contributed by atoms with Crippen LogP contribution in [-0.2, 0) is 0 Å². The number of nitrogens with zero attached hydrogens (tertiary/aromatic N) is 2. The van der Waals surface area contributed by atoms with E-state index in [1.807, 2.05) is 60.7 Å². The number of rotatable bonds is 5. The lowest BCUT2D eigenvalue weighted by molar-refractivity contribution is 0.248. The van der Waals surface area contributed by atoms with Gasteiger partial charge in [-0.3, -0.25) is 0 Å². The maximum Gasteiger partial charge on any atom is 0.320 e. The van der Waals surface area contributed by atoms with Crippen molar-refractivity contribution in [3.8, 4) is 11.5 Å². The van der Waals surface area contributed by atoms with Crippen molar-refractivity contribution in [2.75, 3.05) is 5.32 Å². The summed E-state index contributed by atoms with van der Waals surface area (Å²) < 4.78 is 19.6. The van der Waals surface area contributed by atoms with E-state index in [4.69, 9.17) is 4.42 Å². The monoisotopic (exact) mass is 402 g/mol. The van der Waals surface area contributed by atoms with E-state index in [0.717, 1.165) is 11.1 Å². The summed E-state index contributed by atoms with van der Waals surface area (Å²) in [5.41, 5.74) is 2.40. The molecule has 0 aliphatic rings. The van der Waals surface area contributed by atoms with Crippen LogP contribution in [0.2, 0.25) is 0 Å². The molecule has 1 heterocycles. The number of hydrogen-bond acceptors (Lipinski definition) is 4. The molecule has 1 atom stereocenters. The minimum absolute atomic E-state index is 0.241. The molecule has 0 bridgehead atoms. The van der Waals surface area contributed by atoms with Gasteiger partial charge in [-0.15, -0.1) is 10.2 Å². The zero-order chi connectivity index (χ0) is 20.9. The zero-order valence-corrected chi connectivity index (χ0v) is 16.2. The number of amides is 2. The van der Waals surface area contributed by atoms with Crippen LogP contribution in [0.25, 0.3) is 11.5 Å². The number of halogens is 1. The number of aryl methyl sites for hydroxylation is 1. The highest BCUT2D eigenvalue weighted by Crippen LogP contribution is 2.25. The first-order chi connectivity index (χ1) is 14.6. The van der Waals surface area contributed by atoms with E-state index in [9.17, 15) is 9.18 Å². The average molecular weight is 402 g/mol. The van der Waals surface area contributed by atoms with Gasteiger partial charge in [0, 0.05) is 11.3 Å². The Morgan fingerprint density at radius 2 is 1.67 bits per heavy atom. The molecule has 0 aliphatic heterocycles. The number of aromatic nitrogens is 2. The zero-order valence-electron chi connectivity index (χ0n) is 16.2. The van der Waals surface area contributed by atoms with Gasteiger partial charge in [0.25, 0.3) is 0 Å². The number of nitrogens with one attached hydrogen (secondary N) is 2. The molecule has 4 aromatic rings. The van der Waals surface area contributed by atoms with Crippen LogP contribution >= 0.6 is 0 Å². The number of urea groups is 1. The minimum Gasteiger partial charge on any atom is -0.418 e. The van der Waals surface area contributed by atoms with Gasteiger partial charge in [-0.1, -0.05) is 54.6 Å². The highest BCUT2D eigenvalue weighted by Gasteiger charge is 2.23. The number of anilines is 1. The van der Waals surface area contributed by atoms with E-state index in [-0.39, 0.29) is 5.89 Å². The fourth-order valence-corrected chi connectivity index (χ4v) is 2.95. The molecule has 150 valence electrons. The topological polar surface area (TPSA) is 80.0 Å². The lowest BCUT2D eigenvalue weighted by Crippen LogP contribution is -2.33. The summed E-state index contributed by atoms with van der Waals surface area (Å²) in [6.07, 6.45) is 0. The first kappa shape index (κ1) is 19.3. The molecule has 0 radical (unpaired) electrons. The van der Waals surface area contributed by atoms with Crippen LogP contribution in [0.4, 0.5) is 14.9 Å². The van der Waals surface area contributed by atoms with Crippen LogP contribution in [-0.4, -0.2) is 16.2 Å². The summed E-state index contributed by atoms with van der Waals surface area (Å²) in [4.78, 5) is 12.6. The van der Waals surface area contributed by atoms with Crippen LogP contribution in [0.5, 0.6) is 0 Å². The molecule has 1 aromatic heterocycles. The van der Waals surface area contributed by atoms with Gasteiger partial charge in [-0.2, -0.15) is 0 Å². The molecule has 30 heavy (non-hydrogen) atoms. The molecule has 0 aliphatic carbocycles. The van der Waals surface area contributed by atoms with Crippen molar-refractivity contribution in [1.29, 1.82) is 0 Å². The third-order valence-electron chi connectivity index (χ3n) is 4.55. The van der Waals surface area contributed by atoms with E-state index in [0.29, 0.717) is 17.1 Å². The highest BCUT2D eigenvalue weighted by molar-refractivity contribution is 5.89. The van der Waals surface area contributed by atoms with Crippen molar-refractivity contribution in [3.05, 3.63) is 102 Å². The standard InChI is InChI=1S/C23H19FN4O2/c1-15-12-13-18(14-19(15)24)25-23(29)26-20(16-8-4-2-5-9-16)22-28-27-21(30-22)17-10-6-3-7-11-17/h2-14,20H,1H3,(H2,25,26,29)/t20-/m1/s1. The Kier molecular flexibility index (Phi) is 5.52. The van der Waals surface area contributed by atoms with Gasteiger partial charge in [0.1, 0.15) is 11.9 Å². The minimum atomic E-state index is -0.675. The normalized spacial score (nSPS) is 11.7. The van der Waals surface area contributed by atoms with Gasteiger partial charge in [-0.25, -0.2) is 9.18 Å². The van der Waals surface area contributed by atoms with Crippen molar-refractivity contribution in [2.45, 2.75) is 13.0 Å². The van der Waals surface area contributed by atoms with Gasteiger partial charge >= 0.3 is 6.03 Å². The molecule has 2 N–H and O–H groups in total. The second kappa shape index (κ2) is 8.57. The molecule has 2 amide bonds. The Hall–Kier alpha value is -4.00. The Labute approximate surface area is 172 Å². The fraction of sp³-hybridized carbons (Fsp3) is 0.0870. The predicted octanol–water partition coefficient (Wildman–Crippen LogP) is 5.10. The Balaban J connectivity index is 1.59. The molecule has 7 heteroatoms. The number of benzene rings is 3. The number of hydrogen-bond donors (Lipinski definition) is 2. The lowest BCUT2D eigenvalue weighted by atomic mass is 10.1. The van der Waals surface area contributed by atoms with Crippen molar-refractivity contribution >= 4 is 11.7 Å². The van der Waals surface area contributed by atoms with E-state index >= 15 is 0 Å². The molecule has 0 saturated heterocycles. The van der Waals surface area contributed by atoms with Crippen molar-refractivity contribution in [3.63, 3.8) is 0 Å². The van der Waals surface area contributed by atoms with Crippen LogP contribution in [0.3, 0.4) is 0 Å². The molecule has 0 spiro atoms. The van der Waals surface area contributed by atoms with E-state index in [2.05, 4.69) is 20.8 Å². The Bertz CT molecular complexity index is 1150. The molecule has 4 rings (SSSR count). The maximum atomic E-state index is 13.8. The van der Waals surface area contributed by atoms with E-state index in [1.165, 1.54) is 6.07 Å². The van der Waals surface area contributed by atoms with Gasteiger partial charge in [0.05, 0.1) is 0 Å². The summed E-state index contributed by atoms with van der Waals surface area (Å²) in [5, 5.41) is 13.7. The largest absolute Gasteiger partial charge is 0.418 e. The SMILES string of the molecule is Cc1ccc(NC(=O)N[C@H](c2ccccc2)c2nnc(-c3ccccc3)o2)cc1F. The maximum absolute atomic E-state index is 13.8. The summed E-state index contributed by atoms with van der Waals surface area (Å²) >= 11 is 0. The van der Waals surface area contributed by atoms with Crippen LogP contribution in [0.1, 0.15) is 23.1 Å². The average Bonchev–Trinajstić information content (AvgIpc) is 3.26. The van der Waals surface area contributed by atoms with Gasteiger partial charge in [0.2, 0.25) is 11.8 Å². The summed E-state index contributed by atoms with van der Waals surface area (Å²) in [6.45, 7) is 1.66. The molecular formula is C23H19FN4O2. The summed E-state index contributed by atoms with van der Waals surface area (Å²) in [6, 6.07) is 22.0. The third-order valence-corrected chi connectivity index (χ3v) is 4.55. The molecular weight excluding hydrogens is 383 g/mol. The van der Waals surface area contributed by atoms with Gasteiger partial charge in [0.15, 0.2) is 0 Å². The van der Waals surface area contributed by atoms with Crippen molar-refractivity contribution in [2.24, 2.45) is 0 Å². The molecule has 6 nitrogen and oxygen atoms in total. The van der Waals surface area contributed by atoms with Gasteiger partial charge < -0.3 is 15.1 Å². The lowest BCUT2D eigenvalue weighted by Gasteiger charge is -2.16. The summed E-state index contributed by atoms with van der Waals surface area (Å²) in [7, 11) is 0. The smallest absolute Gasteiger partial charge is 0.320 e. The van der Waals surface area contributed by atoms with Crippen LogP contribution in [0.15, 0.2) is 83.3 Å². The molecule has 0 fully saturated rings. The van der Waals surface area contributed by atoms with E-state index < -0.39 is 17.9 Å². The predicted molar refractivity (Wildman–Crippen MR) is 111 cm³/mol. The molecule has 0 saturated carbocycles. The van der Waals surface area contributed by atoms with Crippen molar-refractivity contribution in [1.82, 2.24) is 15.5 Å². The van der Waals surface area contributed by atoms with E-state index in [1.54, 1.807) is 19.1 Å². The number of carbonyl (C=O) groups is 1. The number of carbonyl (C=O) groups excluding carboxylic acids is 1. The quantitative estimate of drug-likeness (QED) is 0.487. The van der Waals surface area contributed by atoms with Crippen molar-refractivity contribution < 1.29 is 13.6 Å². The van der Waals surface area contributed by atoms with Crippen LogP contribution < -0.4 is 10.6 Å². The second-order valence-corrected chi connectivity index (χ2v) is 6.72. The Morgan fingerprint density at radius 1 is 0.967 bits per heavy atom. The first-order valence-electron chi connectivity index (χ1n) is 9.37. The fourth-order valence-electron chi connectivity index (χ4n) is 2.95. The molecule has 0 unspecified atom stereocenters. The third kappa shape index (κ3) is 4.35. The van der Waals surface area contributed by atoms with Crippen LogP contribution in [0, 0.1) is 12.7 Å².